The average molecular weight is 279 g/mol. The number of benzene rings is 1. The molecule has 1 N–H and O–H groups in total. The first-order valence-corrected chi connectivity index (χ1v) is 7.04. The Morgan fingerprint density at radius 3 is 2.95 bits per heavy atom. The van der Waals surface area contributed by atoms with Gasteiger partial charge in [0.2, 0.25) is 12.5 Å². The molecule has 2 aliphatic rings. The van der Waals surface area contributed by atoms with Crippen LogP contribution in [0.3, 0.4) is 0 Å². The van der Waals surface area contributed by atoms with E-state index in [1.807, 2.05) is 12.1 Å². The maximum absolute atomic E-state index is 5.50. The topological polar surface area (TPSA) is 49.0 Å². The largest absolute Gasteiger partial charge is 0.493 e. The van der Waals surface area contributed by atoms with Gasteiger partial charge in [0.15, 0.2) is 11.5 Å². The summed E-state index contributed by atoms with van der Waals surface area (Å²) in [5.74, 6) is 2.19. The summed E-state index contributed by atoms with van der Waals surface area (Å²) in [5, 5.41) is 3.56. The van der Waals surface area contributed by atoms with E-state index in [0.29, 0.717) is 17.9 Å². The maximum atomic E-state index is 5.50. The highest BCUT2D eigenvalue weighted by molar-refractivity contribution is 5.55. The molecule has 1 aliphatic carbocycles. The minimum absolute atomic E-state index is 0.261. The first kappa shape index (κ1) is 13.5. The molecule has 1 fully saturated rings. The summed E-state index contributed by atoms with van der Waals surface area (Å²) < 4.78 is 21.7. The molecule has 5 nitrogen and oxygen atoms in total. The van der Waals surface area contributed by atoms with Gasteiger partial charge in [0.1, 0.15) is 0 Å². The van der Waals surface area contributed by atoms with Crippen LogP contribution in [0.5, 0.6) is 17.2 Å². The fourth-order valence-corrected chi connectivity index (χ4v) is 2.98. The summed E-state index contributed by atoms with van der Waals surface area (Å²) in [6.07, 6.45) is 3.85. The van der Waals surface area contributed by atoms with Crippen LogP contribution in [0, 0.1) is 0 Å². The molecule has 0 bridgehead atoms. The highest BCUT2D eigenvalue weighted by atomic mass is 16.7. The minimum atomic E-state index is 0.261. The van der Waals surface area contributed by atoms with Gasteiger partial charge in [-0.05, 0) is 37.0 Å². The van der Waals surface area contributed by atoms with Crippen LogP contribution in [0.4, 0.5) is 0 Å². The molecule has 1 saturated carbocycles. The van der Waals surface area contributed by atoms with Gasteiger partial charge in [-0.1, -0.05) is 0 Å². The molecule has 1 aromatic rings. The lowest BCUT2D eigenvalue weighted by Crippen LogP contribution is -2.36. The summed E-state index contributed by atoms with van der Waals surface area (Å²) in [7, 11) is 3.43. The molecule has 0 amide bonds. The van der Waals surface area contributed by atoms with Gasteiger partial charge in [-0.3, -0.25) is 0 Å². The number of nitrogens with one attached hydrogen (secondary N) is 1. The number of hydrogen-bond donors (Lipinski definition) is 1. The van der Waals surface area contributed by atoms with Crippen molar-refractivity contribution in [2.45, 2.75) is 38.0 Å². The standard InChI is InChI=1S/C15H21NO4/c1-17-12-5-3-4-11(12)16-8-10-6-13(18-2)15-14(7-10)19-9-20-15/h6-7,11-12,16H,3-5,8-9H2,1-2H3. The van der Waals surface area contributed by atoms with Crippen molar-refractivity contribution in [2.24, 2.45) is 0 Å². The lowest BCUT2D eigenvalue weighted by atomic mass is 10.1. The van der Waals surface area contributed by atoms with Crippen molar-refractivity contribution in [1.29, 1.82) is 0 Å². The molecule has 0 saturated heterocycles. The molecule has 2 unspecified atom stereocenters. The molecule has 1 heterocycles. The Kier molecular flexibility index (Phi) is 3.98. The van der Waals surface area contributed by atoms with Crippen molar-refractivity contribution in [3.63, 3.8) is 0 Å². The van der Waals surface area contributed by atoms with Crippen molar-refractivity contribution in [3.05, 3.63) is 17.7 Å². The van der Waals surface area contributed by atoms with E-state index in [4.69, 9.17) is 18.9 Å². The highest BCUT2D eigenvalue weighted by Gasteiger charge is 2.27. The molecule has 0 spiro atoms. The average Bonchev–Trinajstić information content (AvgIpc) is 3.12. The van der Waals surface area contributed by atoms with E-state index in [0.717, 1.165) is 30.0 Å². The first-order chi connectivity index (χ1) is 9.81. The molecule has 0 aromatic heterocycles. The predicted molar refractivity (Wildman–Crippen MR) is 74.4 cm³/mol. The van der Waals surface area contributed by atoms with Crippen molar-refractivity contribution in [1.82, 2.24) is 5.32 Å². The molecule has 1 aliphatic heterocycles. The van der Waals surface area contributed by atoms with Gasteiger partial charge in [0.25, 0.3) is 0 Å². The predicted octanol–water partition coefficient (Wildman–Crippen LogP) is 2.08. The van der Waals surface area contributed by atoms with Crippen LogP contribution in [-0.4, -0.2) is 33.2 Å². The molecule has 2 atom stereocenters. The van der Waals surface area contributed by atoms with E-state index in [1.54, 1.807) is 14.2 Å². The fraction of sp³-hybridized carbons (Fsp3) is 0.600. The zero-order valence-corrected chi connectivity index (χ0v) is 12.0. The Labute approximate surface area is 119 Å². The van der Waals surface area contributed by atoms with Gasteiger partial charge < -0.3 is 24.3 Å². The number of fused-ring (bicyclic) bond motifs is 1. The van der Waals surface area contributed by atoms with Gasteiger partial charge in [-0.2, -0.15) is 0 Å². The van der Waals surface area contributed by atoms with Crippen molar-refractivity contribution >= 4 is 0 Å². The molecule has 110 valence electrons. The molecule has 20 heavy (non-hydrogen) atoms. The Balaban J connectivity index is 1.68. The third kappa shape index (κ3) is 2.55. The molecular formula is C15H21NO4. The van der Waals surface area contributed by atoms with Crippen molar-refractivity contribution in [3.8, 4) is 17.2 Å². The molecule has 1 aromatic carbocycles. The smallest absolute Gasteiger partial charge is 0.231 e. The fourth-order valence-electron chi connectivity index (χ4n) is 2.98. The second kappa shape index (κ2) is 5.89. The zero-order valence-electron chi connectivity index (χ0n) is 12.0. The third-order valence-corrected chi connectivity index (χ3v) is 4.04. The maximum Gasteiger partial charge on any atom is 0.231 e. The van der Waals surface area contributed by atoms with Gasteiger partial charge in [-0.15, -0.1) is 0 Å². The van der Waals surface area contributed by atoms with Crippen LogP contribution in [0.15, 0.2) is 12.1 Å². The molecule has 0 radical (unpaired) electrons. The summed E-state index contributed by atoms with van der Waals surface area (Å²) in [6, 6.07) is 4.43. The normalized spacial score (nSPS) is 24.1. The van der Waals surface area contributed by atoms with Gasteiger partial charge in [0.05, 0.1) is 13.2 Å². The van der Waals surface area contributed by atoms with Gasteiger partial charge in [0, 0.05) is 19.7 Å². The second-order valence-corrected chi connectivity index (χ2v) is 5.22. The summed E-state index contributed by atoms with van der Waals surface area (Å²) in [5.41, 5.74) is 1.13. The lowest BCUT2D eigenvalue weighted by Gasteiger charge is -2.20. The van der Waals surface area contributed by atoms with E-state index >= 15 is 0 Å². The number of hydrogen-bond acceptors (Lipinski definition) is 5. The molecule has 3 rings (SSSR count). The Morgan fingerprint density at radius 1 is 1.25 bits per heavy atom. The summed E-state index contributed by atoms with van der Waals surface area (Å²) >= 11 is 0. The third-order valence-electron chi connectivity index (χ3n) is 4.04. The zero-order chi connectivity index (χ0) is 13.9. The van der Waals surface area contributed by atoms with Crippen LogP contribution in [0.1, 0.15) is 24.8 Å². The Bertz CT molecular complexity index is 477. The van der Waals surface area contributed by atoms with E-state index in [9.17, 15) is 0 Å². The molecule has 5 heteroatoms. The highest BCUT2D eigenvalue weighted by Crippen LogP contribution is 2.41. The van der Waals surface area contributed by atoms with Crippen LogP contribution in [0.25, 0.3) is 0 Å². The second-order valence-electron chi connectivity index (χ2n) is 5.22. The lowest BCUT2D eigenvalue weighted by molar-refractivity contribution is 0.0847. The van der Waals surface area contributed by atoms with E-state index < -0.39 is 0 Å². The minimum Gasteiger partial charge on any atom is -0.493 e. The SMILES string of the molecule is COc1cc(CNC2CCCC2OC)cc2c1OCO2. The van der Waals surface area contributed by atoms with Gasteiger partial charge in [-0.25, -0.2) is 0 Å². The Hall–Kier alpha value is -1.46. The van der Waals surface area contributed by atoms with E-state index in [-0.39, 0.29) is 6.79 Å². The summed E-state index contributed by atoms with van der Waals surface area (Å²) in [6.45, 7) is 1.04. The van der Waals surface area contributed by atoms with Crippen LogP contribution < -0.4 is 19.5 Å². The van der Waals surface area contributed by atoms with Crippen LogP contribution >= 0.6 is 0 Å². The van der Waals surface area contributed by atoms with Crippen molar-refractivity contribution < 1.29 is 18.9 Å². The summed E-state index contributed by atoms with van der Waals surface area (Å²) in [4.78, 5) is 0. The number of ether oxygens (including phenoxy) is 4. The van der Waals surface area contributed by atoms with Crippen LogP contribution in [0.2, 0.25) is 0 Å². The Morgan fingerprint density at radius 2 is 2.15 bits per heavy atom. The first-order valence-electron chi connectivity index (χ1n) is 7.04. The van der Waals surface area contributed by atoms with Crippen LogP contribution in [-0.2, 0) is 11.3 Å². The number of rotatable bonds is 5. The van der Waals surface area contributed by atoms with E-state index in [1.165, 1.54) is 12.8 Å². The van der Waals surface area contributed by atoms with E-state index in [2.05, 4.69) is 5.32 Å². The number of methoxy groups -OCH3 is 2. The van der Waals surface area contributed by atoms with Gasteiger partial charge >= 0.3 is 0 Å². The molecular weight excluding hydrogens is 258 g/mol. The van der Waals surface area contributed by atoms with Crippen molar-refractivity contribution in [2.75, 3.05) is 21.0 Å². The monoisotopic (exact) mass is 279 g/mol. The quantitative estimate of drug-likeness (QED) is 0.894.